The lowest BCUT2D eigenvalue weighted by Crippen LogP contribution is -2.45. The number of nitrogens with zero attached hydrogens (tertiary/aromatic N) is 1. The first-order valence-corrected chi connectivity index (χ1v) is 15.5. The zero-order chi connectivity index (χ0) is 30.0. The molecule has 0 fully saturated rings. The number of para-hydroxylation sites is 2. The van der Waals surface area contributed by atoms with Crippen molar-refractivity contribution in [2.45, 2.75) is 24.7 Å². The molecule has 2 N–H and O–H groups in total. The van der Waals surface area contributed by atoms with E-state index in [1.165, 1.54) is 27.8 Å². The molecule has 0 radical (unpaired) electrons. The molecule has 4 heteroatoms. The molecular weight excluding hydrogens is 550 g/mol. The summed E-state index contributed by atoms with van der Waals surface area (Å²) in [5.41, 5.74) is 11.3. The van der Waals surface area contributed by atoms with Gasteiger partial charge in [0.05, 0.1) is 11.0 Å². The van der Waals surface area contributed by atoms with E-state index >= 15 is 0 Å². The van der Waals surface area contributed by atoms with Crippen LogP contribution in [-0.4, -0.2) is 5.84 Å². The zero-order valence-corrected chi connectivity index (χ0v) is 24.9. The van der Waals surface area contributed by atoms with Gasteiger partial charge in [0.15, 0.2) is 0 Å². The molecule has 4 nitrogen and oxygen atoms in total. The molecule has 45 heavy (non-hydrogen) atoms. The van der Waals surface area contributed by atoms with E-state index in [4.69, 9.17) is 9.73 Å². The fourth-order valence-corrected chi connectivity index (χ4v) is 7.50. The standard InChI is InChI=1S/C41H31N3O/c1-26-22-24-28(25-23-26)39-42-38(27-12-3-2-4-13-27)43-40(44-39)31-16-11-20-35-37(31)45-36-21-10-9-19-34(36)41(35)32-17-7-5-14-29(32)30-15-6-8-18-33(30)41/h2-25,38-39,42H,1H3,(H,43,44). The van der Waals surface area contributed by atoms with E-state index in [1.807, 2.05) is 6.07 Å². The summed E-state index contributed by atoms with van der Waals surface area (Å²) in [5.74, 6) is 2.51. The van der Waals surface area contributed by atoms with Crippen molar-refractivity contribution in [3.63, 3.8) is 0 Å². The van der Waals surface area contributed by atoms with E-state index in [9.17, 15) is 0 Å². The predicted octanol–water partition coefficient (Wildman–Crippen LogP) is 8.80. The maximum absolute atomic E-state index is 6.93. The second kappa shape index (κ2) is 10.0. The third-order valence-electron chi connectivity index (χ3n) is 9.52. The summed E-state index contributed by atoms with van der Waals surface area (Å²) >= 11 is 0. The Balaban J connectivity index is 1.28. The molecule has 0 saturated carbocycles. The lowest BCUT2D eigenvalue weighted by molar-refractivity contribution is 0.405. The average Bonchev–Trinajstić information content (AvgIpc) is 3.39. The molecule has 2 unspecified atom stereocenters. The van der Waals surface area contributed by atoms with E-state index in [1.54, 1.807) is 0 Å². The van der Waals surface area contributed by atoms with Gasteiger partial charge in [-0.1, -0.05) is 139 Å². The summed E-state index contributed by atoms with van der Waals surface area (Å²) in [5, 5.41) is 7.49. The number of hydrogen-bond donors (Lipinski definition) is 2. The normalized spacial score (nSPS) is 18.5. The van der Waals surface area contributed by atoms with E-state index in [0.717, 1.165) is 45.2 Å². The molecular formula is C41H31N3O. The number of aliphatic imine (C=N–C) groups is 1. The highest BCUT2D eigenvalue weighted by Crippen LogP contribution is 2.62. The Morgan fingerprint density at radius 2 is 1.16 bits per heavy atom. The van der Waals surface area contributed by atoms with Crippen molar-refractivity contribution in [1.82, 2.24) is 10.6 Å². The monoisotopic (exact) mass is 581 g/mol. The molecule has 0 saturated heterocycles. The van der Waals surface area contributed by atoms with Crippen molar-refractivity contribution in [2.24, 2.45) is 4.99 Å². The van der Waals surface area contributed by atoms with Gasteiger partial charge in [-0.25, -0.2) is 4.99 Å². The molecule has 9 rings (SSSR count). The van der Waals surface area contributed by atoms with Gasteiger partial charge in [-0.15, -0.1) is 0 Å². The molecule has 2 aliphatic heterocycles. The maximum Gasteiger partial charge on any atom is 0.143 e. The van der Waals surface area contributed by atoms with Crippen LogP contribution < -0.4 is 15.4 Å². The van der Waals surface area contributed by atoms with E-state index in [2.05, 4.69) is 157 Å². The highest BCUT2D eigenvalue weighted by atomic mass is 16.5. The highest BCUT2D eigenvalue weighted by molar-refractivity contribution is 6.03. The van der Waals surface area contributed by atoms with Crippen molar-refractivity contribution in [1.29, 1.82) is 0 Å². The molecule has 0 amide bonds. The lowest BCUT2D eigenvalue weighted by atomic mass is 9.66. The summed E-state index contributed by atoms with van der Waals surface area (Å²) in [6.07, 6.45) is -0.376. The van der Waals surface area contributed by atoms with Crippen LogP contribution in [0.3, 0.4) is 0 Å². The summed E-state index contributed by atoms with van der Waals surface area (Å²) < 4.78 is 6.93. The summed E-state index contributed by atoms with van der Waals surface area (Å²) in [7, 11) is 0. The van der Waals surface area contributed by atoms with Crippen LogP contribution >= 0.6 is 0 Å². The number of benzene rings is 6. The van der Waals surface area contributed by atoms with Crippen LogP contribution in [0.25, 0.3) is 11.1 Å². The molecule has 1 aliphatic carbocycles. The molecule has 216 valence electrons. The molecule has 2 heterocycles. The van der Waals surface area contributed by atoms with Gasteiger partial charge in [0, 0.05) is 11.1 Å². The number of rotatable bonds is 3. The van der Waals surface area contributed by atoms with Gasteiger partial charge in [0.25, 0.3) is 0 Å². The van der Waals surface area contributed by atoms with Crippen LogP contribution in [0.15, 0.2) is 151 Å². The van der Waals surface area contributed by atoms with E-state index < -0.39 is 5.41 Å². The first-order valence-electron chi connectivity index (χ1n) is 15.5. The molecule has 6 aromatic carbocycles. The smallest absolute Gasteiger partial charge is 0.143 e. The third kappa shape index (κ3) is 3.86. The number of fused-ring (bicyclic) bond motifs is 9. The van der Waals surface area contributed by atoms with Gasteiger partial charge in [-0.2, -0.15) is 0 Å². The largest absolute Gasteiger partial charge is 0.456 e. The third-order valence-corrected chi connectivity index (χ3v) is 9.52. The molecule has 0 aromatic heterocycles. The Kier molecular flexibility index (Phi) is 5.80. The Labute approximate surface area is 263 Å². The number of ether oxygens (including phenoxy) is 1. The van der Waals surface area contributed by atoms with Crippen molar-refractivity contribution >= 4 is 5.84 Å². The molecule has 2 atom stereocenters. The van der Waals surface area contributed by atoms with Gasteiger partial charge in [0.1, 0.15) is 29.7 Å². The van der Waals surface area contributed by atoms with Crippen molar-refractivity contribution in [2.75, 3.05) is 0 Å². The summed E-state index contributed by atoms with van der Waals surface area (Å²) in [6, 6.07) is 51.8. The summed E-state index contributed by atoms with van der Waals surface area (Å²) in [6.45, 7) is 2.12. The first-order chi connectivity index (χ1) is 22.2. The molecule has 0 bridgehead atoms. The number of amidine groups is 1. The Bertz CT molecular complexity index is 2070. The van der Waals surface area contributed by atoms with Crippen LogP contribution in [0.2, 0.25) is 0 Å². The predicted molar refractivity (Wildman–Crippen MR) is 180 cm³/mol. The number of hydrogen-bond acceptors (Lipinski definition) is 4. The lowest BCUT2D eigenvalue weighted by Gasteiger charge is -2.40. The SMILES string of the molecule is Cc1ccc(C2NC(c3cccc4c3Oc3ccccc3C43c4ccccc4-c4ccccc43)=NC(c3ccccc3)N2)cc1. The number of nitrogens with one attached hydrogen (secondary N) is 2. The topological polar surface area (TPSA) is 45.6 Å². The van der Waals surface area contributed by atoms with E-state index in [0.29, 0.717) is 0 Å². The number of aryl methyl sites for hydroxylation is 1. The fourth-order valence-electron chi connectivity index (χ4n) is 7.50. The minimum atomic E-state index is -0.518. The van der Waals surface area contributed by atoms with Crippen molar-refractivity contribution in [3.05, 3.63) is 190 Å². The van der Waals surface area contributed by atoms with Crippen LogP contribution in [0, 0.1) is 6.92 Å². The van der Waals surface area contributed by atoms with Crippen LogP contribution in [0.5, 0.6) is 11.5 Å². The molecule has 1 spiro atoms. The second-order valence-corrected chi connectivity index (χ2v) is 12.1. The van der Waals surface area contributed by atoms with Crippen LogP contribution in [0.4, 0.5) is 0 Å². The average molecular weight is 582 g/mol. The van der Waals surface area contributed by atoms with Gasteiger partial charge >= 0.3 is 0 Å². The summed E-state index contributed by atoms with van der Waals surface area (Å²) in [4.78, 5) is 5.30. The Morgan fingerprint density at radius 1 is 0.556 bits per heavy atom. The quantitative estimate of drug-likeness (QED) is 0.219. The Morgan fingerprint density at radius 3 is 1.89 bits per heavy atom. The van der Waals surface area contributed by atoms with Crippen LogP contribution in [0.1, 0.15) is 56.8 Å². The van der Waals surface area contributed by atoms with Gasteiger partial charge in [-0.3, -0.25) is 5.32 Å². The van der Waals surface area contributed by atoms with E-state index in [-0.39, 0.29) is 12.3 Å². The van der Waals surface area contributed by atoms with Gasteiger partial charge < -0.3 is 10.1 Å². The van der Waals surface area contributed by atoms with Crippen molar-refractivity contribution < 1.29 is 4.74 Å². The highest BCUT2D eigenvalue weighted by Gasteiger charge is 2.51. The zero-order valence-electron chi connectivity index (χ0n) is 24.9. The molecule has 3 aliphatic rings. The van der Waals surface area contributed by atoms with Crippen molar-refractivity contribution in [3.8, 4) is 22.6 Å². The van der Waals surface area contributed by atoms with Crippen LogP contribution in [-0.2, 0) is 5.41 Å². The van der Waals surface area contributed by atoms with Gasteiger partial charge in [0.2, 0.25) is 0 Å². The first kappa shape index (κ1) is 26.0. The second-order valence-electron chi connectivity index (χ2n) is 12.1. The fraction of sp³-hybridized carbons (Fsp3) is 0.0976. The minimum Gasteiger partial charge on any atom is -0.456 e. The van der Waals surface area contributed by atoms with Gasteiger partial charge in [-0.05, 0) is 52.4 Å². The molecule has 6 aromatic rings. The minimum absolute atomic E-state index is 0.142. The Hall–Kier alpha value is -5.45. The maximum atomic E-state index is 6.93.